The zero-order valence-corrected chi connectivity index (χ0v) is 16.0. The molecule has 3 aromatic rings. The maximum Gasteiger partial charge on any atom is 0.262 e. The minimum absolute atomic E-state index is 0.0921. The zero-order valence-electron chi connectivity index (χ0n) is 15.1. The van der Waals surface area contributed by atoms with Crippen molar-refractivity contribution in [1.29, 1.82) is 0 Å². The van der Waals surface area contributed by atoms with Gasteiger partial charge in [0.15, 0.2) is 10.8 Å². The van der Waals surface area contributed by atoms with Gasteiger partial charge < -0.3 is 9.88 Å². The molecule has 0 bridgehead atoms. The highest BCUT2D eigenvalue weighted by atomic mass is 32.2. The van der Waals surface area contributed by atoms with Gasteiger partial charge in [-0.3, -0.25) is 9.59 Å². The van der Waals surface area contributed by atoms with Gasteiger partial charge in [-0.05, 0) is 38.3 Å². The van der Waals surface area contributed by atoms with Crippen LogP contribution in [0, 0.1) is 6.92 Å². The monoisotopic (exact) mass is 383 g/mol. The number of H-pyrrole nitrogens is 1. The molecule has 1 aromatic carbocycles. The molecule has 3 heterocycles. The molecule has 7 nitrogen and oxygen atoms in total. The van der Waals surface area contributed by atoms with E-state index < -0.39 is 0 Å². The molecule has 1 amide bonds. The van der Waals surface area contributed by atoms with Gasteiger partial charge in [-0.25, -0.2) is 9.67 Å². The molecule has 1 aliphatic heterocycles. The quantitative estimate of drug-likeness (QED) is 0.553. The van der Waals surface area contributed by atoms with Gasteiger partial charge in [-0.15, -0.1) is 0 Å². The Morgan fingerprint density at radius 2 is 1.93 bits per heavy atom. The van der Waals surface area contributed by atoms with Crippen LogP contribution in [0.15, 0.2) is 40.4 Å². The van der Waals surface area contributed by atoms with Crippen LogP contribution in [0.1, 0.15) is 24.8 Å². The van der Waals surface area contributed by atoms with Crippen molar-refractivity contribution >= 4 is 28.7 Å². The summed E-state index contributed by atoms with van der Waals surface area (Å²) in [6.45, 7) is 3.66. The van der Waals surface area contributed by atoms with E-state index in [2.05, 4.69) is 15.1 Å². The van der Waals surface area contributed by atoms with E-state index in [0.29, 0.717) is 16.2 Å². The Hall–Kier alpha value is -2.61. The highest BCUT2D eigenvalue weighted by molar-refractivity contribution is 7.99. The topological polar surface area (TPSA) is 83.9 Å². The molecule has 1 fully saturated rings. The number of benzene rings is 1. The summed E-state index contributed by atoms with van der Waals surface area (Å²) in [6.07, 6.45) is 4.83. The molecule has 0 spiro atoms. The number of carbonyl (C=O) groups is 1. The van der Waals surface area contributed by atoms with Crippen LogP contribution in [-0.2, 0) is 4.79 Å². The lowest BCUT2D eigenvalue weighted by Crippen LogP contribution is -2.36. The third kappa shape index (κ3) is 3.75. The Balaban J connectivity index is 1.58. The number of aromatic nitrogens is 4. The van der Waals surface area contributed by atoms with Gasteiger partial charge in [0, 0.05) is 13.1 Å². The molecule has 140 valence electrons. The Morgan fingerprint density at radius 3 is 2.67 bits per heavy atom. The minimum Gasteiger partial charge on any atom is -0.342 e. The Labute approximate surface area is 160 Å². The lowest BCUT2D eigenvalue weighted by molar-refractivity contribution is -0.129. The number of hydrogen-bond acceptors (Lipinski definition) is 5. The molecule has 1 aliphatic rings. The molecule has 0 radical (unpaired) electrons. The van der Waals surface area contributed by atoms with Gasteiger partial charge >= 0.3 is 0 Å². The number of thioether (sulfide) groups is 1. The number of nitrogens with one attached hydrogen (secondary N) is 1. The summed E-state index contributed by atoms with van der Waals surface area (Å²) < 4.78 is 1.65. The van der Waals surface area contributed by atoms with E-state index in [9.17, 15) is 9.59 Å². The van der Waals surface area contributed by atoms with Crippen LogP contribution in [-0.4, -0.2) is 49.4 Å². The summed E-state index contributed by atoms with van der Waals surface area (Å²) in [4.78, 5) is 33.9. The van der Waals surface area contributed by atoms with E-state index in [4.69, 9.17) is 0 Å². The van der Waals surface area contributed by atoms with Crippen LogP contribution in [0.3, 0.4) is 0 Å². The summed E-state index contributed by atoms with van der Waals surface area (Å²) in [5.41, 5.74) is 2.24. The lowest BCUT2D eigenvalue weighted by atomic mass is 10.1. The van der Waals surface area contributed by atoms with Crippen molar-refractivity contribution in [3.63, 3.8) is 0 Å². The molecule has 1 N–H and O–H groups in total. The van der Waals surface area contributed by atoms with E-state index in [-0.39, 0.29) is 17.2 Å². The van der Waals surface area contributed by atoms with Crippen LogP contribution in [0.5, 0.6) is 0 Å². The van der Waals surface area contributed by atoms with E-state index in [1.165, 1.54) is 24.4 Å². The first-order chi connectivity index (χ1) is 13.1. The second-order valence-corrected chi connectivity index (χ2v) is 7.69. The third-order valence-corrected chi connectivity index (χ3v) is 5.59. The van der Waals surface area contributed by atoms with Crippen molar-refractivity contribution in [2.45, 2.75) is 31.3 Å². The lowest BCUT2D eigenvalue weighted by Gasteiger charge is -2.26. The highest BCUT2D eigenvalue weighted by Gasteiger charge is 2.18. The number of aromatic amines is 1. The maximum absolute atomic E-state index is 12.4. The molecule has 0 aliphatic carbocycles. The number of likely N-dealkylation sites (tertiary alicyclic amines) is 1. The van der Waals surface area contributed by atoms with Crippen molar-refractivity contribution < 1.29 is 4.79 Å². The van der Waals surface area contributed by atoms with Gasteiger partial charge in [0.1, 0.15) is 5.39 Å². The minimum atomic E-state index is -0.244. The van der Waals surface area contributed by atoms with Crippen molar-refractivity contribution in [3.8, 4) is 5.69 Å². The van der Waals surface area contributed by atoms with Crippen LogP contribution in [0.2, 0.25) is 0 Å². The molecule has 8 heteroatoms. The van der Waals surface area contributed by atoms with Crippen LogP contribution in [0.25, 0.3) is 16.7 Å². The van der Waals surface area contributed by atoms with Crippen molar-refractivity contribution in [2.75, 3.05) is 18.8 Å². The molecule has 2 aromatic heterocycles. The van der Waals surface area contributed by atoms with Gasteiger partial charge in [0.25, 0.3) is 5.56 Å². The average Bonchev–Trinajstić information content (AvgIpc) is 3.12. The predicted octanol–water partition coefficient (Wildman–Crippen LogP) is 2.52. The average molecular weight is 383 g/mol. The number of fused-ring (bicyclic) bond motifs is 1. The first-order valence-corrected chi connectivity index (χ1v) is 10.1. The maximum atomic E-state index is 12.4. The molecule has 0 saturated carbocycles. The molecular weight excluding hydrogens is 362 g/mol. The summed E-state index contributed by atoms with van der Waals surface area (Å²) in [6, 6.07) is 7.86. The van der Waals surface area contributed by atoms with E-state index >= 15 is 0 Å². The normalized spacial score (nSPS) is 14.6. The van der Waals surface area contributed by atoms with Gasteiger partial charge in [-0.2, -0.15) is 5.10 Å². The Morgan fingerprint density at radius 1 is 1.19 bits per heavy atom. The molecule has 1 saturated heterocycles. The smallest absolute Gasteiger partial charge is 0.262 e. The summed E-state index contributed by atoms with van der Waals surface area (Å²) in [5.74, 6) is 0.363. The first kappa shape index (κ1) is 17.8. The number of rotatable bonds is 4. The van der Waals surface area contributed by atoms with E-state index in [0.717, 1.165) is 37.2 Å². The van der Waals surface area contributed by atoms with Gasteiger partial charge in [0.05, 0.1) is 17.6 Å². The van der Waals surface area contributed by atoms with E-state index in [1.807, 2.05) is 36.1 Å². The number of nitrogens with zero attached hydrogens (tertiary/aromatic N) is 4. The number of hydrogen-bond donors (Lipinski definition) is 1. The fourth-order valence-electron chi connectivity index (χ4n) is 3.21. The van der Waals surface area contributed by atoms with Crippen molar-refractivity contribution in [2.24, 2.45) is 0 Å². The second kappa shape index (κ2) is 7.56. The fraction of sp³-hybridized carbons (Fsp3) is 0.368. The summed E-state index contributed by atoms with van der Waals surface area (Å²) >= 11 is 1.26. The Kier molecular flexibility index (Phi) is 4.98. The molecule has 0 atom stereocenters. The second-order valence-electron chi connectivity index (χ2n) is 6.73. The number of piperidine rings is 1. The Bertz CT molecular complexity index is 1020. The largest absolute Gasteiger partial charge is 0.342 e. The SMILES string of the molecule is Cc1ccc(-n2ncc3c(=O)[nH]c(SCC(=O)N4CCCCC4)nc32)cc1. The fourth-order valence-corrected chi connectivity index (χ4v) is 3.96. The van der Waals surface area contributed by atoms with Crippen LogP contribution >= 0.6 is 11.8 Å². The summed E-state index contributed by atoms with van der Waals surface area (Å²) in [7, 11) is 0. The standard InChI is InChI=1S/C19H21N5O2S/c1-13-5-7-14(8-6-13)24-17-15(11-20-24)18(26)22-19(21-17)27-12-16(25)23-9-3-2-4-10-23/h5-8,11H,2-4,9-10,12H2,1H3,(H,21,22,26). The van der Waals surface area contributed by atoms with Crippen LogP contribution < -0.4 is 5.56 Å². The number of aryl methyl sites for hydroxylation is 1. The first-order valence-electron chi connectivity index (χ1n) is 9.07. The summed E-state index contributed by atoms with van der Waals surface area (Å²) in [5, 5.41) is 5.19. The van der Waals surface area contributed by atoms with Gasteiger partial charge in [0.2, 0.25) is 5.91 Å². The van der Waals surface area contributed by atoms with Crippen molar-refractivity contribution in [3.05, 3.63) is 46.4 Å². The predicted molar refractivity (Wildman–Crippen MR) is 105 cm³/mol. The zero-order chi connectivity index (χ0) is 18.8. The molecule has 27 heavy (non-hydrogen) atoms. The molecular formula is C19H21N5O2S. The van der Waals surface area contributed by atoms with Gasteiger partial charge in [-0.1, -0.05) is 29.5 Å². The number of amides is 1. The van der Waals surface area contributed by atoms with Crippen LogP contribution in [0.4, 0.5) is 0 Å². The molecule has 0 unspecified atom stereocenters. The van der Waals surface area contributed by atoms with Crippen molar-refractivity contribution in [1.82, 2.24) is 24.6 Å². The molecule has 4 rings (SSSR count). The third-order valence-electron chi connectivity index (χ3n) is 4.74. The van der Waals surface area contributed by atoms with E-state index in [1.54, 1.807) is 4.68 Å². The highest BCUT2D eigenvalue weighted by Crippen LogP contribution is 2.19. The number of carbonyl (C=O) groups excluding carboxylic acids is 1.